The highest BCUT2D eigenvalue weighted by atomic mass is 32.2. The lowest BCUT2D eigenvalue weighted by atomic mass is 10.2. The van der Waals surface area contributed by atoms with Crippen molar-refractivity contribution in [3.05, 3.63) is 23.8 Å². The van der Waals surface area contributed by atoms with Gasteiger partial charge in [0.05, 0.1) is 12.7 Å². The van der Waals surface area contributed by atoms with Crippen LogP contribution in [0.15, 0.2) is 28.0 Å². The smallest absolute Gasteiger partial charge is 0.337 e. The minimum atomic E-state index is -0.281. The second-order valence-electron chi connectivity index (χ2n) is 2.59. The van der Waals surface area contributed by atoms with E-state index in [0.717, 1.165) is 9.79 Å². The van der Waals surface area contributed by atoms with Crippen LogP contribution in [0.25, 0.3) is 0 Å². The predicted octanol–water partition coefficient (Wildman–Crippen LogP) is 2.92. The van der Waals surface area contributed by atoms with Gasteiger partial charge in [0.15, 0.2) is 0 Å². The Hall–Kier alpha value is -0.610. The number of carbonyl (C=O) groups is 1. The molecule has 0 N–H and O–H groups in total. The third kappa shape index (κ3) is 2.69. The first-order valence-electron chi connectivity index (χ1n) is 4.02. The van der Waals surface area contributed by atoms with Crippen molar-refractivity contribution in [3.63, 3.8) is 0 Å². The van der Waals surface area contributed by atoms with Crippen LogP contribution in [0.2, 0.25) is 0 Å². The molecule has 0 saturated carbocycles. The summed E-state index contributed by atoms with van der Waals surface area (Å²) in [5.41, 5.74) is 0.615. The summed E-state index contributed by atoms with van der Waals surface area (Å²) < 4.78 is 4.68. The lowest BCUT2D eigenvalue weighted by molar-refractivity contribution is 0.0600. The van der Waals surface area contributed by atoms with Crippen molar-refractivity contribution in [2.24, 2.45) is 0 Å². The van der Waals surface area contributed by atoms with Gasteiger partial charge in [-0.3, -0.25) is 0 Å². The molecule has 2 nitrogen and oxygen atoms in total. The molecule has 0 aliphatic heterocycles. The second kappa shape index (κ2) is 5.32. The molecule has 14 heavy (non-hydrogen) atoms. The predicted molar refractivity (Wildman–Crippen MR) is 61.3 cm³/mol. The lowest BCUT2D eigenvalue weighted by Crippen LogP contribution is -2.01. The highest BCUT2D eigenvalue weighted by Crippen LogP contribution is 2.24. The molecular weight excluding hydrogens is 216 g/mol. The van der Waals surface area contributed by atoms with E-state index < -0.39 is 0 Å². The van der Waals surface area contributed by atoms with Crippen LogP contribution in [-0.2, 0) is 4.74 Å². The van der Waals surface area contributed by atoms with Crippen LogP contribution in [-0.4, -0.2) is 25.6 Å². The summed E-state index contributed by atoms with van der Waals surface area (Å²) in [5.74, 6) is -0.281. The van der Waals surface area contributed by atoms with E-state index in [2.05, 4.69) is 10.8 Å². The summed E-state index contributed by atoms with van der Waals surface area (Å²) in [6, 6.07) is 5.74. The molecule has 76 valence electrons. The van der Waals surface area contributed by atoms with Crippen LogP contribution in [0, 0.1) is 0 Å². The highest BCUT2D eigenvalue weighted by molar-refractivity contribution is 7.99. The molecule has 0 aromatic heterocycles. The van der Waals surface area contributed by atoms with E-state index in [4.69, 9.17) is 0 Å². The Morgan fingerprint density at radius 3 is 2.00 bits per heavy atom. The zero-order valence-corrected chi connectivity index (χ0v) is 10.00. The van der Waals surface area contributed by atoms with E-state index in [1.54, 1.807) is 23.5 Å². The van der Waals surface area contributed by atoms with Gasteiger partial charge < -0.3 is 4.74 Å². The number of rotatable bonds is 3. The molecule has 0 radical (unpaired) electrons. The number of carbonyl (C=O) groups excluding carboxylic acids is 1. The highest BCUT2D eigenvalue weighted by Gasteiger charge is 2.07. The fraction of sp³-hybridized carbons (Fsp3) is 0.300. The number of esters is 1. The topological polar surface area (TPSA) is 26.3 Å². The molecule has 0 bridgehead atoms. The summed E-state index contributed by atoms with van der Waals surface area (Å²) in [7, 11) is 1.40. The second-order valence-corrected chi connectivity index (χ2v) is 4.35. The lowest BCUT2D eigenvalue weighted by Gasteiger charge is -2.04. The number of methoxy groups -OCH3 is 1. The fourth-order valence-corrected chi connectivity index (χ4v) is 2.10. The molecule has 0 amide bonds. The average molecular weight is 228 g/mol. The summed E-state index contributed by atoms with van der Waals surface area (Å²) in [5, 5.41) is 0. The zero-order valence-electron chi connectivity index (χ0n) is 8.37. The minimum absolute atomic E-state index is 0.281. The molecule has 1 aromatic rings. The maximum Gasteiger partial charge on any atom is 0.337 e. The van der Waals surface area contributed by atoms with Crippen molar-refractivity contribution < 1.29 is 9.53 Å². The average Bonchev–Trinajstić information content (AvgIpc) is 2.27. The van der Waals surface area contributed by atoms with Gasteiger partial charge >= 0.3 is 5.97 Å². The van der Waals surface area contributed by atoms with Crippen molar-refractivity contribution in [3.8, 4) is 0 Å². The molecule has 1 aromatic carbocycles. The van der Waals surface area contributed by atoms with Gasteiger partial charge in [-0.05, 0) is 30.7 Å². The van der Waals surface area contributed by atoms with Gasteiger partial charge in [0, 0.05) is 9.79 Å². The number of hydrogen-bond acceptors (Lipinski definition) is 4. The Kier molecular flexibility index (Phi) is 4.35. The first kappa shape index (κ1) is 11.5. The van der Waals surface area contributed by atoms with Crippen molar-refractivity contribution in [2.45, 2.75) is 9.79 Å². The summed E-state index contributed by atoms with van der Waals surface area (Å²) in [6.07, 6.45) is 3.97. The van der Waals surface area contributed by atoms with Gasteiger partial charge in [0.2, 0.25) is 0 Å². The van der Waals surface area contributed by atoms with Gasteiger partial charge in [0.1, 0.15) is 0 Å². The Morgan fingerprint density at radius 2 is 1.64 bits per heavy atom. The van der Waals surface area contributed by atoms with Gasteiger partial charge in [-0.2, -0.15) is 0 Å². The van der Waals surface area contributed by atoms with Crippen LogP contribution in [0.3, 0.4) is 0 Å². The van der Waals surface area contributed by atoms with E-state index >= 15 is 0 Å². The third-order valence-electron chi connectivity index (χ3n) is 1.77. The molecule has 4 heteroatoms. The van der Waals surface area contributed by atoms with Crippen molar-refractivity contribution >= 4 is 29.5 Å². The number of thioether (sulfide) groups is 2. The minimum Gasteiger partial charge on any atom is -0.465 e. The Balaban J connectivity index is 3.10. The van der Waals surface area contributed by atoms with E-state index in [1.807, 2.05) is 24.6 Å². The van der Waals surface area contributed by atoms with Crippen LogP contribution >= 0.6 is 23.5 Å². The Labute approximate surface area is 92.4 Å². The van der Waals surface area contributed by atoms with E-state index in [0.29, 0.717) is 5.56 Å². The molecule has 0 aliphatic carbocycles. The molecular formula is C10H12O2S2. The molecule has 0 spiro atoms. The van der Waals surface area contributed by atoms with Crippen LogP contribution < -0.4 is 0 Å². The van der Waals surface area contributed by atoms with Gasteiger partial charge in [0.25, 0.3) is 0 Å². The third-order valence-corrected chi connectivity index (χ3v) is 3.19. The van der Waals surface area contributed by atoms with Crippen LogP contribution in [0.4, 0.5) is 0 Å². The summed E-state index contributed by atoms with van der Waals surface area (Å²) in [4.78, 5) is 13.5. The SMILES string of the molecule is COC(=O)c1cc(SC)cc(SC)c1. The molecule has 0 unspecified atom stereocenters. The quantitative estimate of drug-likeness (QED) is 0.587. The number of hydrogen-bond donors (Lipinski definition) is 0. The van der Waals surface area contributed by atoms with E-state index in [1.165, 1.54) is 7.11 Å². The van der Waals surface area contributed by atoms with Gasteiger partial charge in [-0.1, -0.05) is 0 Å². The first-order valence-corrected chi connectivity index (χ1v) is 6.47. The van der Waals surface area contributed by atoms with E-state index in [9.17, 15) is 4.79 Å². The zero-order chi connectivity index (χ0) is 10.6. The fourth-order valence-electron chi connectivity index (χ4n) is 1.04. The van der Waals surface area contributed by atoms with Crippen molar-refractivity contribution in [1.29, 1.82) is 0 Å². The molecule has 0 aliphatic rings. The summed E-state index contributed by atoms with van der Waals surface area (Å²) >= 11 is 3.24. The van der Waals surface area contributed by atoms with Crippen LogP contribution in [0.1, 0.15) is 10.4 Å². The molecule has 0 saturated heterocycles. The molecule has 1 rings (SSSR count). The maximum atomic E-state index is 11.3. The van der Waals surface area contributed by atoms with Crippen LogP contribution in [0.5, 0.6) is 0 Å². The van der Waals surface area contributed by atoms with E-state index in [-0.39, 0.29) is 5.97 Å². The largest absolute Gasteiger partial charge is 0.465 e. The van der Waals surface area contributed by atoms with Crippen molar-refractivity contribution in [1.82, 2.24) is 0 Å². The molecule has 0 heterocycles. The number of ether oxygens (including phenoxy) is 1. The Morgan fingerprint density at radius 1 is 1.14 bits per heavy atom. The maximum absolute atomic E-state index is 11.3. The van der Waals surface area contributed by atoms with Crippen molar-refractivity contribution in [2.75, 3.05) is 19.6 Å². The normalized spacial score (nSPS) is 9.93. The standard InChI is InChI=1S/C10H12O2S2/c1-12-10(11)7-4-8(13-2)6-9(5-7)14-3/h4-6H,1-3H3. The summed E-state index contributed by atoms with van der Waals surface area (Å²) in [6.45, 7) is 0. The Bertz CT molecular complexity index is 315. The number of benzene rings is 1. The molecule has 0 fully saturated rings. The van der Waals surface area contributed by atoms with Gasteiger partial charge in [-0.15, -0.1) is 23.5 Å². The van der Waals surface area contributed by atoms with Gasteiger partial charge in [-0.25, -0.2) is 4.79 Å². The monoisotopic (exact) mass is 228 g/mol. The molecule has 0 atom stereocenters. The first-order chi connectivity index (χ1) is 6.71.